The summed E-state index contributed by atoms with van der Waals surface area (Å²) in [4.78, 5) is 15.3. The molecule has 0 radical (unpaired) electrons. The van der Waals surface area contributed by atoms with Crippen LogP contribution in [-0.4, -0.2) is 22.7 Å². The fourth-order valence-corrected chi connectivity index (χ4v) is 2.13. The minimum atomic E-state index is -1.02. The van der Waals surface area contributed by atoms with Crippen molar-refractivity contribution in [3.05, 3.63) is 29.1 Å². The van der Waals surface area contributed by atoms with Gasteiger partial charge in [0.05, 0.1) is 12.3 Å². The number of carbonyl (C=O) groups is 1. The smallest absolute Gasteiger partial charge is 0.339 e. The van der Waals surface area contributed by atoms with Gasteiger partial charge in [0.25, 0.3) is 0 Å². The van der Waals surface area contributed by atoms with Crippen molar-refractivity contribution in [3.8, 4) is 17.0 Å². The van der Waals surface area contributed by atoms with E-state index in [-0.39, 0.29) is 5.56 Å². The van der Waals surface area contributed by atoms with Crippen LogP contribution in [0.25, 0.3) is 11.3 Å². The van der Waals surface area contributed by atoms with Crippen molar-refractivity contribution in [2.75, 3.05) is 12.3 Å². The van der Waals surface area contributed by atoms with E-state index < -0.39 is 5.97 Å². The molecular formula is C12H12N2O3S. The lowest BCUT2D eigenvalue weighted by Gasteiger charge is -2.08. The average Bonchev–Trinajstić information content (AvgIpc) is 2.76. The van der Waals surface area contributed by atoms with Crippen molar-refractivity contribution in [2.24, 2.45) is 0 Å². The molecule has 6 heteroatoms. The number of nitrogens with zero attached hydrogens (tertiary/aromatic N) is 1. The van der Waals surface area contributed by atoms with Crippen LogP contribution < -0.4 is 10.5 Å². The molecule has 3 N–H and O–H groups in total. The molecule has 0 aliphatic rings. The van der Waals surface area contributed by atoms with Gasteiger partial charge in [-0.15, -0.1) is 11.3 Å². The summed E-state index contributed by atoms with van der Waals surface area (Å²) in [5, 5.41) is 11.4. The fourth-order valence-electron chi connectivity index (χ4n) is 1.56. The molecule has 5 nitrogen and oxygen atoms in total. The number of hydrogen-bond acceptors (Lipinski definition) is 5. The Labute approximate surface area is 108 Å². The Morgan fingerprint density at radius 2 is 2.33 bits per heavy atom. The molecule has 0 saturated carbocycles. The molecule has 0 aliphatic heterocycles. The number of nitrogen functional groups attached to an aromatic ring is 1. The summed E-state index contributed by atoms with van der Waals surface area (Å²) in [5.74, 6) is -0.666. The van der Waals surface area contributed by atoms with Crippen LogP contribution in [0.3, 0.4) is 0 Å². The molecule has 94 valence electrons. The lowest BCUT2D eigenvalue weighted by Crippen LogP contribution is -2.03. The first-order valence-corrected chi connectivity index (χ1v) is 6.21. The van der Waals surface area contributed by atoms with Gasteiger partial charge in [0.15, 0.2) is 5.13 Å². The summed E-state index contributed by atoms with van der Waals surface area (Å²) in [6.45, 7) is 2.23. The molecule has 0 fully saturated rings. The van der Waals surface area contributed by atoms with E-state index in [9.17, 15) is 4.79 Å². The van der Waals surface area contributed by atoms with Crippen LogP contribution >= 0.6 is 11.3 Å². The van der Waals surface area contributed by atoms with Gasteiger partial charge >= 0.3 is 5.97 Å². The third kappa shape index (κ3) is 2.43. The number of thiazole rings is 1. The second-order valence-electron chi connectivity index (χ2n) is 3.52. The zero-order valence-corrected chi connectivity index (χ0v) is 10.5. The van der Waals surface area contributed by atoms with E-state index in [4.69, 9.17) is 15.6 Å². The molecule has 0 aliphatic carbocycles. The summed E-state index contributed by atoms with van der Waals surface area (Å²) in [6.07, 6.45) is 0. The minimum absolute atomic E-state index is 0.126. The van der Waals surface area contributed by atoms with Crippen molar-refractivity contribution in [1.82, 2.24) is 4.98 Å². The van der Waals surface area contributed by atoms with Crippen LogP contribution in [0.15, 0.2) is 23.6 Å². The number of carboxylic acid groups (broad SMARTS) is 1. The Morgan fingerprint density at radius 1 is 1.56 bits per heavy atom. The molecule has 18 heavy (non-hydrogen) atoms. The highest BCUT2D eigenvalue weighted by Gasteiger charge is 2.13. The first-order chi connectivity index (χ1) is 8.61. The van der Waals surface area contributed by atoms with Crippen LogP contribution in [0, 0.1) is 0 Å². The summed E-state index contributed by atoms with van der Waals surface area (Å²) in [6, 6.07) is 4.95. The maximum atomic E-state index is 11.2. The number of benzene rings is 1. The molecular weight excluding hydrogens is 252 g/mol. The van der Waals surface area contributed by atoms with Gasteiger partial charge in [0, 0.05) is 10.9 Å². The van der Waals surface area contributed by atoms with Crippen molar-refractivity contribution >= 4 is 22.4 Å². The number of ether oxygens (including phenoxy) is 1. The first kappa shape index (κ1) is 12.4. The van der Waals surface area contributed by atoms with E-state index in [1.54, 1.807) is 30.5 Å². The number of aromatic carboxylic acids is 1. The zero-order chi connectivity index (χ0) is 13.1. The number of anilines is 1. The zero-order valence-electron chi connectivity index (χ0n) is 9.71. The lowest BCUT2D eigenvalue weighted by atomic mass is 10.1. The monoisotopic (exact) mass is 264 g/mol. The first-order valence-electron chi connectivity index (χ1n) is 5.33. The second kappa shape index (κ2) is 5.05. The Balaban J connectivity index is 2.46. The number of nitrogens with two attached hydrogens (primary N) is 1. The quantitative estimate of drug-likeness (QED) is 0.886. The van der Waals surface area contributed by atoms with Crippen molar-refractivity contribution in [3.63, 3.8) is 0 Å². The molecule has 0 atom stereocenters. The van der Waals surface area contributed by atoms with Gasteiger partial charge in [-0.25, -0.2) is 9.78 Å². The number of rotatable bonds is 4. The topological polar surface area (TPSA) is 85.4 Å². The van der Waals surface area contributed by atoms with Crippen LogP contribution in [-0.2, 0) is 0 Å². The maximum absolute atomic E-state index is 11.2. The Hall–Kier alpha value is -2.08. The highest BCUT2D eigenvalue weighted by Crippen LogP contribution is 2.28. The van der Waals surface area contributed by atoms with Crippen LogP contribution in [0.5, 0.6) is 5.75 Å². The molecule has 1 heterocycles. The minimum Gasteiger partial charge on any atom is -0.493 e. The Morgan fingerprint density at radius 3 is 2.89 bits per heavy atom. The van der Waals surface area contributed by atoms with E-state index in [2.05, 4.69) is 4.98 Å². The maximum Gasteiger partial charge on any atom is 0.339 e. The van der Waals surface area contributed by atoms with Crippen LogP contribution in [0.4, 0.5) is 5.13 Å². The van der Waals surface area contributed by atoms with Crippen LogP contribution in [0.2, 0.25) is 0 Å². The molecule has 0 unspecified atom stereocenters. The Kier molecular flexibility index (Phi) is 3.47. The van der Waals surface area contributed by atoms with E-state index in [0.717, 1.165) is 0 Å². The third-order valence-electron chi connectivity index (χ3n) is 2.33. The van der Waals surface area contributed by atoms with Crippen molar-refractivity contribution < 1.29 is 14.6 Å². The summed E-state index contributed by atoms with van der Waals surface area (Å²) < 4.78 is 5.27. The van der Waals surface area contributed by atoms with Gasteiger partial charge in [-0.3, -0.25) is 0 Å². The molecule has 0 saturated heterocycles. The summed E-state index contributed by atoms with van der Waals surface area (Å²) in [7, 11) is 0. The van der Waals surface area contributed by atoms with Gasteiger partial charge in [-0.1, -0.05) is 0 Å². The number of aromatic nitrogens is 1. The fraction of sp³-hybridized carbons (Fsp3) is 0.167. The third-order valence-corrected chi connectivity index (χ3v) is 3.00. The summed E-state index contributed by atoms with van der Waals surface area (Å²) >= 11 is 1.32. The van der Waals surface area contributed by atoms with Gasteiger partial charge < -0.3 is 15.6 Å². The van der Waals surface area contributed by atoms with E-state index in [1.807, 2.05) is 0 Å². The largest absolute Gasteiger partial charge is 0.493 e. The molecule has 2 rings (SSSR count). The van der Waals surface area contributed by atoms with E-state index in [1.165, 1.54) is 11.3 Å². The second-order valence-corrected chi connectivity index (χ2v) is 4.41. The van der Waals surface area contributed by atoms with Gasteiger partial charge in [-0.2, -0.15) is 0 Å². The Bertz CT molecular complexity index is 580. The molecule has 0 bridgehead atoms. The SMILES string of the molecule is CCOc1ccc(-c2csc(N)n2)cc1C(=O)O. The number of carboxylic acids is 1. The molecule has 0 spiro atoms. The van der Waals surface area contributed by atoms with E-state index >= 15 is 0 Å². The van der Waals surface area contributed by atoms with Crippen LogP contribution in [0.1, 0.15) is 17.3 Å². The molecule has 1 aromatic carbocycles. The van der Waals surface area contributed by atoms with E-state index in [0.29, 0.717) is 28.7 Å². The average molecular weight is 264 g/mol. The predicted octanol–water partition coefficient (Wildman–Crippen LogP) is 2.49. The highest BCUT2D eigenvalue weighted by atomic mass is 32.1. The normalized spacial score (nSPS) is 10.3. The molecule has 2 aromatic rings. The van der Waals surface area contributed by atoms with Gasteiger partial charge in [0.1, 0.15) is 11.3 Å². The van der Waals surface area contributed by atoms with Gasteiger partial charge in [-0.05, 0) is 25.1 Å². The highest BCUT2D eigenvalue weighted by molar-refractivity contribution is 7.13. The lowest BCUT2D eigenvalue weighted by molar-refractivity contribution is 0.0692. The molecule has 0 amide bonds. The predicted molar refractivity (Wildman–Crippen MR) is 70.1 cm³/mol. The summed E-state index contributed by atoms with van der Waals surface area (Å²) in [5.41, 5.74) is 7.06. The van der Waals surface area contributed by atoms with Crippen molar-refractivity contribution in [1.29, 1.82) is 0 Å². The standard InChI is InChI=1S/C12H12N2O3S/c1-2-17-10-4-3-7(5-8(10)11(15)16)9-6-18-12(13)14-9/h3-6H,2H2,1H3,(H2,13,14)(H,15,16). The van der Waals surface area contributed by atoms with Crippen molar-refractivity contribution in [2.45, 2.75) is 6.92 Å². The number of hydrogen-bond donors (Lipinski definition) is 2. The molecule has 1 aromatic heterocycles. The van der Waals surface area contributed by atoms with Gasteiger partial charge in [0.2, 0.25) is 0 Å².